The number of benzene rings is 3. The summed E-state index contributed by atoms with van der Waals surface area (Å²) in [5.74, 6) is 0.155. The minimum Gasteiger partial charge on any atom is -0.351 e. The third-order valence-electron chi connectivity index (χ3n) is 7.12. The van der Waals surface area contributed by atoms with Gasteiger partial charge in [0.05, 0.1) is 6.04 Å². The van der Waals surface area contributed by atoms with Crippen molar-refractivity contribution in [3.63, 3.8) is 0 Å². The summed E-state index contributed by atoms with van der Waals surface area (Å²) in [4.78, 5) is 27.7. The van der Waals surface area contributed by atoms with Crippen LogP contribution in [-0.2, 0) is 11.2 Å². The molecule has 5 rings (SSSR count). The zero-order chi connectivity index (χ0) is 27.7. The van der Waals surface area contributed by atoms with Crippen LogP contribution in [0.1, 0.15) is 35.2 Å². The molecule has 1 fully saturated rings. The van der Waals surface area contributed by atoms with Gasteiger partial charge >= 0.3 is 0 Å². The molecule has 1 aliphatic rings. The molecule has 206 valence electrons. The van der Waals surface area contributed by atoms with Gasteiger partial charge in [0.25, 0.3) is 5.91 Å². The first-order valence-electron chi connectivity index (χ1n) is 13.7. The standard InChI is InChI=1S/C30H34N8O2/c31-27(30(40)33-26-13-11-23(12-14-26)28-34-36-37-35-28)20-21-5-4-6-25(19-21)22-7-9-24(10-8-22)29(39)32-15-18-38-16-2-1-3-17-38/h4-14,19,27H,1-3,15-18,20,31H2,(H,32,39)(H,33,40)(H,34,35,36,37). The number of nitrogens with zero attached hydrogens (tertiary/aromatic N) is 4. The quantitative estimate of drug-likeness (QED) is 0.243. The van der Waals surface area contributed by atoms with Crippen LogP contribution in [0.15, 0.2) is 72.8 Å². The molecule has 2 heterocycles. The molecule has 1 unspecified atom stereocenters. The van der Waals surface area contributed by atoms with Crippen molar-refractivity contribution >= 4 is 17.5 Å². The number of tetrazole rings is 1. The monoisotopic (exact) mass is 538 g/mol. The third kappa shape index (κ3) is 7.16. The van der Waals surface area contributed by atoms with Crippen LogP contribution in [0.4, 0.5) is 5.69 Å². The van der Waals surface area contributed by atoms with Crippen molar-refractivity contribution in [2.75, 3.05) is 31.5 Å². The minimum absolute atomic E-state index is 0.0567. The zero-order valence-electron chi connectivity index (χ0n) is 22.3. The number of H-pyrrole nitrogens is 1. The van der Waals surface area contributed by atoms with Crippen LogP contribution < -0.4 is 16.4 Å². The van der Waals surface area contributed by atoms with Gasteiger partial charge in [0.15, 0.2) is 0 Å². The minimum atomic E-state index is -0.719. The first-order chi connectivity index (χ1) is 19.5. The van der Waals surface area contributed by atoms with E-state index in [-0.39, 0.29) is 11.8 Å². The fourth-order valence-electron chi connectivity index (χ4n) is 4.87. The molecular formula is C30H34N8O2. The normalized spacial score (nSPS) is 14.4. The number of hydrogen-bond acceptors (Lipinski definition) is 7. The summed E-state index contributed by atoms with van der Waals surface area (Å²) in [6.45, 7) is 3.79. The van der Waals surface area contributed by atoms with Crippen molar-refractivity contribution in [3.05, 3.63) is 83.9 Å². The predicted octanol–water partition coefficient (Wildman–Crippen LogP) is 3.26. The Balaban J connectivity index is 1.13. The lowest BCUT2D eigenvalue weighted by atomic mass is 9.98. The smallest absolute Gasteiger partial charge is 0.251 e. The fraction of sp³-hybridized carbons (Fsp3) is 0.300. The van der Waals surface area contributed by atoms with Crippen molar-refractivity contribution in [1.82, 2.24) is 30.8 Å². The molecule has 1 atom stereocenters. The maximum atomic E-state index is 12.7. The molecule has 0 aliphatic carbocycles. The molecule has 1 saturated heterocycles. The maximum absolute atomic E-state index is 12.7. The number of carbonyl (C=O) groups excluding carboxylic acids is 2. The average molecular weight is 539 g/mol. The molecule has 2 amide bonds. The number of hydrogen-bond donors (Lipinski definition) is 4. The number of nitrogens with two attached hydrogens (primary N) is 1. The molecule has 0 radical (unpaired) electrons. The molecule has 10 heteroatoms. The Morgan fingerprint density at radius 1 is 0.925 bits per heavy atom. The van der Waals surface area contributed by atoms with Gasteiger partial charge in [0.1, 0.15) is 0 Å². The van der Waals surface area contributed by atoms with Crippen molar-refractivity contribution in [2.45, 2.75) is 31.7 Å². The van der Waals surface area contributed by atoms with Gasteiger partial charge in [-0.15, -0.1) is 10.2 Å². The van der Waals surface area contributed by atoms with Crippen LogP contribution in [0.3, 0.4) is 0 Å². The summed E-state index contributed by atoms with van der Waals surface area (Å²) in [6.07, 6.45) is 4.18. The van der Waals surface area contributed by atoms with E-state index in [1.165, 1.54) is 19.3 Å². The van der Waals surface area contributed by atoms with Crippen LogP contribution in [0.5, 0.6) is 0 Å². The number of carbonyl (C=O) groups is 2. The summed E-state index contributed by atoms with van der Waals surface area (Å²) in [6, 6.07) is 22.0. The summed E-state index contributed by atoms with van der Waals surface area (Å²) < 4.78 is 0. The van der Waals surface area contributed by atoms with E-state index in [0.29, 0.717) is 30.0 Å². The second-order valence-electron chi connectivity index (χ2n) is 10.0. The summed E-state index contributed by atoms with van der Waals surface area (Å²) in [5, 5.41) is 19.8. The molecule has 40 heavy (non-hydrogen) atoms. The predicted molar refractivity (Wildman–Crippen MR) is 154 cm³/mol. The Bertz CT molecular complexity index is 1400. The van der Waals surface area contributed by atoms with E-state index >= 15 is 0 Å². The van der Waals surface area contributed by atoms with E-state index in [1.54, 1.807) is 24.3 Å². The number of likely N-dealkylation sites (tertiary alicyclic amines) is 1. The van der Waals surface area contributed by atoms with Crippen LogP contribution in [0, 0.1) is 0 Å². The van der Waals surface area contributed by atoms with Gasteiger partial charge < -0.3 is 21.3 Å². The lowest BCUT2D eigenvalue weighted by Gasteiger charge is -2.26. The highest BCUT2D eigenvalue weighted by Crippen LogP contribution is 2.22. The van der Waals surface area contributed by atoms with E-state index in [4.69, 9.17) is 5.73 Å². The van der Waals surface area contributed by atoms with Crippen LogP contribution in [0.2, 0.25) is 0 Å². The number of piperidine rings is 1. The SMILES string of the molecule is NC(Cc1cccc(-c2ccc(C(=O)NCCN3CCCCC3)cc2)c1)C(=O)Nc1ccc(-c2nn[nH]n2)cc1. The molecule has 4 aromatic rings. The largest absolute Gasteiger partial charge is 0.351 e. The number of anilines is 1. The van der Waals surface area contributed by atoms with Crippen molar-refractivity contribution < 1.29 is 9.59 Å². The Hall–Kier alpha value is -4.41. The highest BCUT2D eigenvalue weighted by atomic mass is 16.2. The topological polar surface area (TPSA) is 142 Å². The Kier molecular flexibility index (Phi) is 8.89. The van der Waals surface area contributed by atoms with Gasteiger partial charge in [-0.25, -0.2) is 0 Å². The Labute approximate surface area is 233 Å². The van der Waals surface area contributed by atoms with E-state index in [1.807, 2.05) is 48.5 Å². The van der Waals surface area contributed by atoms with E-state index in [2.05, 4.69) is 36.2 Å². The molecule has 10 nitrogen and oxygen atoms in total. The molecule has 0 bridgehead atoms. The highest BCUT2D eigenvalue weighted by Gasteiger charge is 2.16. The summed E-state index contributed by atoms with van der Waals surface area (Å²) >= 11 is 0. The second kappa shape index (κ2) is 13.1. The van der Waals surface area contributed by atoms with E-state index in [0.717, 1.165) is 41.9 Å². The van der Waals surface area contributed by atoms with Gasteiger partial charge in [-0.1, -0.05) is 42.8 Å². The molecule has 0 spiro atoms. The van der Waals surface area contributed by atoms with Gasteiger partial charge in [-0.2, -0.15) is 5.21 Å². The van der Waals surface area contributed by atoms with Crippen LogP contribution >= 0.6 is 0 Å². The number of aromatic amines is 1. The Morgan fingerprint density at radius 2 is 1.68 bits per heavy atom. The van der Waals surface area contributed by atoms with Crippen molar-refractivity contribution in [2.24, 2.45) is 5.73 Å². The van der Waals surface area contributed by atoms with Crippen LogP contribution in [-0.4, -0.2) is 69.6 Å². The number of rotatable bonds is 10. The first kappa shape index (κ1) is 27.2. The van der Waals surface area contributed by atoms with Gasteiger partial charge in [0.2, 0.25) is 11.7 Å². The second-order valence-corrected chi connectivity index (χ2v) is 10.0. The Morgan fingerprint density at radius 3 is 2.40 bits per heavy atom. The van der Waals surface area contributed by atoms with Crippen molar-refractivity contribution in [3.8, 4) is 22.5 Å². The molecular weight excluding hydrogens is 504 g/mol. The van der Waals surface area contributed by atoms with Gasteiger partial charge in [-0.05, 0) is 90.7 Å². The van der Waals surface area contributed by atoms with Crippen LogP contribution in [0.25, 0.3) is 22.5 Å². The van der Waals surface area contributed by atoms with Gasteiger partial charge in [0, 0.05) is 29.9 Å². The molecule has 0 saturated carbocycles. The maximum Gasteiger partial charge on any atom is 0.251 e. The molecule has 5 N–H and O–H groups in total. The molecule has 3 aromatic carbocycles. The lowest BCUT2D eigenvalue weighted by Crippen LogP contribution is -2.37. The van der Waals surface area contributed by atoms with E-state index < -0.39 is 6.04 Å². The first-order valence-corrected chi connectivity index (χ1v) is 13.7. The summed E-state index contributed by atoms with van der Waals surface area (Å²) in [5.41, 5.74) is 11.2. The van der Waals surface area contributed by atoms with Gasteiger partial charge in [-0.3, -0.25) is 9.59 Å². The van der Waals surface area contributed by atoms with E-state index in [9.17, 15) is 9.59 Å². The number of aromatic nitrogens is 4. The number of nitrogens with one attached hydrogen (secondary N) is 3. The fourth-order valence-corrected chi connectivity index (χ4v) is 4.87. The number of amides is 2. The van der Waals surface area contributed by atoms with Crippen molar-refractivity contribution in [1.29, 1.82) is 0 Å². The summed E-state index contributed by atoms with van der Waals surface area (Å²) in [7, 11) is 0. The third-order valence-corrected chi connectivity index (χ3v) is 7.12. The lowest BCUT2D eigenvalue weighted by molar-refractivity contribution is -0.117. The molecule has 1 aliphatic heterocycles. The molecule has 1 aromatic heterocycles. The zero-order valence-corrected chi connectivity index (χ0v) is 22.3. The highest BCUT2D eigenvalue weighted by molar-refractivity contribution is 5.95. The average Bonchev–Trinajstić information content (AvgIpc) is 3.53.